The number of hydrogen-bond acceptors (Lipinski definition) is 11. The number of halogens is 7. The maximum atomic E-state index is 14.7. The van der Waals surface area contributed by atoms with Gasteiger partial charge in [0.2, 0.25) is 17.7 Å². The molecule has 19 nitrogen and oxygen atoms in total. The monoisotopic (exact) mass is 1260 g/mol. The van der Waals surface area contributed by atoms with Crippen molar-refractivity contribution in [2.24, 2.45) is 5.92 Å². The molecule has 26 heteroatoms. The van der Waals surface area contributed by atoms with Crippen molar-refractivity contribution in [2.75, 3.05) is 49.1 Å². The number of nitrogens with one attached hydrogen (secondary N) is 3. The van der Waals surface area contributed by atoms with Crippen LogP contribution >= 0.6 is 12.4 Å². The van der Waals surface area contributed by atoms with Crippen molar-refractivity contribution in [1.82, 2.24) is 30.7 Å². The fourth-order valence-electron chi connectivity index (χ4n) is 11.2. The highest BCUT2D eigenvalue weighted by atomic mass is 35.5. The highest BCUT2D eigenvalue weighted by Crippen LogP contribution is 2.47. The molecule has 2 aromatic rings. The number of fused-ring (bicyclic) bond motifs is 2. The summed E-state index contributed by atoms with van der Waals surface area (Å²) in [5.74, 6) is -4.15. The normalized spacial score (nSPS) is 18.0. The number of carbonyl (C=O) groups excluding carboxylic acids is 8. The Labute approximate surface area is 513 Å². The summed E-state index contributed by atoms with van der Waals surface area (Å²) in [5.41, 5.74) is -7.11. The molecule has 3 heterocycles. The summed E-state index contributed by atoms with van der Waals surface area (Å²) >= 11 is 0. The Kier molecular flexibility index (Phi) is 24.5. The Balaban J connectivity index is 0.000000387. The third-order valence-corrected chi connectivity index (χ3v) is 15.3. The van der Waals surface area contributed by atoms with Crippen molar-refractivity contribution in [3.05, 3.63) is 46.5 Å². The molecule has 0 radical (unpaired) electrons. The second-order valence-electron chi connectivity index (χ2n) is 25.1. The SMILES string of the molecule is CCC(=O)NCCN1C(=O)C(C)(C)Oc2cc(C(F)(F)F)c(C(=O)N(C(C)C)C3CCCCC3)cc21.CCC(=O)NCCN1C(=O)C(C)(C)Oc2cc(C(F)(F)F)c(C(=O)N(C(C)C)[C@@H]3CCCN(C(=O)[C@@H](NC(=O)OC(C)(C)C)C(C)C)C3)cc21.Cl. The first-order valence-corrected chi connectivity index (χ1v) is 29.8. The van der Waals surface area contributed by atoms with Crippen molar-refractivity contribution in [3.63, 3.8) is 0 Å². The lowest BCUT2D eigenvalue weighted by Crippen LogP contribution is -2.58. The topological polar surface area (TPSA) is 217 Å². The molecule has 1 aliphatic carbocycles. The minimum atomic E-state index is -4.95. The van der Waals surface area contributed by atoms with E-state index in [1.807, 2.05) is 0 Å². The van der Waals surface area contributed by atoms with Crippen LogP contribution in [0.5, 0.6) is 11.5 Å². The molecule has 4 aliphatic rings. The highest BCUT2D eigenvalue weighted by molar-refractivity contribution is 6.06. The molecule has 2 aromatic carbocycles. The van der Waals surface area contributed by atoms with Gasteiger partial charge in [0, 0.05) is 76.3 Å². The van der Waals surface area contributed by atoms with Gasteiger partial charge in [-0.1, -0.05) is 47.0 Å². The number of piperidine rings is 1. The van der Waals surface area contributed by atoms with Crippen LogP contribution in [0.3, 0.4) is 0 Å². The molecular weight excluding hydrogens is 1170 g/mol. The number of anilines is 2. The van der Waals surface area contributed by atoms with Gasteiger partial charge in [0.25, 0.3) is 23.6 Å². The zero-order chi connectivity index (χ0) is 64.8. The van der Waals surface area contributed by atoms with Gasteiger partial charge in [-0.25, -0.2) is 4.79 Å². The Hall–Kier alpha value is -6.53. The lowest BCUT2D eigenvalue weighted by molar-refractivity contribution is -0.139. The zero-order valence-electron chi connectivity index (χ0n) is 52.8. The Morgan fingerprint density at radius 2 is 1.05 bits per heavy atom. The summed E-state index contributed by atoms with van der Waals surface area (Å²) in [6.45, 7) is 25.3. The molecule has 1 saturated heterocycles. The quantitative estimate of drug-likeness (QED) is 0.127. The lowest BCUT2D eigenvalue weighted by Gasteiger charge is -2.43. The van der Waals surface area contributed by atoms with Crippen molar-refractivity contribution < 1.29 is 78.9 Å². The standard InChI is InChI=1S/C35H52F3N5O7.C26H36F3N3O4.ClH/c1-11-27(44)39-14-16-42-25-17-23(24(35(36,37)38)18-26(25)49-34(9,10)31(42)47)29(45)43(21(4)5)22-13-12-15-41(19-22)30(46)28(20(2)3)40-32(48)50-33(6,7)8;1-6-22(33)30-12-13-31-20-14-18(23(34)32(16(2)3)17-10-8-7-9-11-17)19(26(27,28)29)15-21(20)36-25(4,5)24(31)35;/h17-18,20-22,28H,11-16,19H2,1-10H3,(H,39,44)(H,40,48);14-17H,6-13H2,1-5H3,(H,30,33);1H/t22-,28+;;/m1../s1. The smallest absolute Gasteiger partial charge is 0.417 e. The van der Waals surface area contributed by atoms with Crippen LogP contribution < -0.4 is 35.2 Å². The number of nitrogens with zero attached hydrogens (tertiary/aromatic N) is 5. The minimum absolute atomic E-state index is 0. The molecule has 2 fully saturated rings. The van der Waals surface area contributed by atoms with Crippen LogP contribution in [0.2, 0.25) is 0 Å². The lowest BCUT2D eigenvalue weighted by atomic mass is 9.92. The van der Waals surface area contributed by atoms with E-state index in [1.54, 1.807) is 81.1 Å². The van der Waals surface area contributed by atoms with E-state index in [4.69, 9.17) is 14.2 Å². The third kappa shape index (κ3) is 18.1. The summed E-state index contributed by atoms with van der Waals surface area (Å²) in [5, 5.41) is 7.99. The van der Waals surface area contributed by atoms with Crippen molar-refractivity contribution in [1.29, 1.82) is 0 Å². The minimum Gasteiger partial charge on any atom is -0.476 e. The van der Waals surface area contributed by atoms with Gasteiger partial charge in [0.1, 0.15) is 23.1 Å². The molecule has 6 rings (SSSR count). The number of hydrogen-bond donors (Lipinski definition) is 3. The molecule has 0 spiro atoms. The van der Waals surface area contributed by atoms with Crippen LogP contribution in [-0.2, 0) is 41.1 Å². The first-order chi connectivity index (χ1) is 39.8. The predicted octanol–water partition coefficient (Wildman–Crippen LogP) is 10.5. The van der Waals surface area contributed by atoms with Crippen molar-refractivity contribution in [3.8, 4) is 11.5 Å². The highest BCUT2D eigenvalue weighted by Gasteiger charge is 2.48. The first kappa shape index (κ1) is 72.9. The van der Waals surface area contributed by atoms with Crippen LogP contribution in [0.4, 0.5) is 42.5 Å². The van der Waals surface area contributed by atoms with Crippen LogP contribution in [0.15, 0.2) is 24.3 Å². The van der Waals surface area contributed by atoms with E-state index < -0.39 is 99.3 Å². The molecular formula is C61H89ClF6N8O11. The molecule has 488 valence electrons. The number of ether oxygens (including phenoxy) is 3. The van der Waals surface area contributed by atoms with E-state index in [0.29, 0.717) is 19.4 Å². The van der Waals surface area contributed by atoms with Crippen LogP contribution in [-0.4, -0.2) is 148 Å². The summed E-state index contributed by atoms with van der Waals surface area (Å²) in [6, 6.07) is 1.16. The summed E-state index contributed by atoms with van der Waals surface area (Å²) in [7, 11) is 0. The maximum Gasteiger partial charge on any atom is 0.417 e. The van der Waals surface area contributed by atoms with Crippen LogP contribution in [0, 0.1) is 5.92 Å². The Morgan fingerprint density at radius 1 is 0.644 bits per heavy atom. The van der Waals surface area contributed by atoms with E-state index in [2.05, 4.69) is 16.0 Å². The van der Waals surface area contributed by atoms with Gasteiger partial charge in [0.05, 0.1) is 33.6 Å². The van der Waals surface area contributed by atoms with Crippen LogP contribution in [0.1, 0.15) is 193 Å². The zero-order valence-corrected chi connectivity index (χ0v) is 53.6. The number of alkyl halides is 6. The largest absolute Gasteiger partial charge is 0.476 e. The van der Waals surface area contributed by atoms with Gasteiger partial charge in [-0.15, -0.1) is 12.4 Å². The molecule has 0 aromatic heterocycles. The number of rotatable bonds is 17. The van der Waals surface area contributed by atoms with Crippen LogP contribution in [0.25, 0.3) is 0 Å². The van der Waals surface area contributed by atoms with Gasteiger partial charge in [-0.05, 0) is 132 Å². The van der Waals surface area contributed by atoms with Gasteiger partial charge >= 0.3 is 18.4 Å². The van der Waals surface area contributed by atoms with E-state index in [-0.39, 0.29) is 117 Å². The first-order valence-electron chi connectivity index (χ1n) is 29.8. The second-order valence-corrected chi connectivity index (χ2v) is 25.1. The van der Waals surface area contributed by atoms with E-state index in [1.165, 1.54) is 47.3 Å². The molecule has 0 unspecified atom stereocenters. The van der Waals surface area contributed by atoms with E-state index in [9.17, 15) is 64.7 Å². The fourth-order valence-corrected chi connectivity index (χ4v) is 11.2. The molecule has 2 atom stereocenters. The van der Waals surface area contributed by atoms with Crippen molar-refractivity contribution in [2.45, 2.75) is 221 Å². The van der Waals surface area contributed by atoms with Gasteiger partial charge < -0.3 is 54.7 Å². The van der Waals surface area contributed by atoms with Gasteiger partial charge in [-0.3, -0.25) is 33.6 Å². The molecule has 0 bridgehead atoms. The number of amides is 8. The van der Waals surface area contributed by atoms with Crippen molar-refractivity contribution >= 4 is 71.2 Å². The molecule has 87 heavy (non-hydrogen) atoms. The molecule has 8 amide bonds. The number of likely N-dealkylation sites (tertiary alicyclic amines) is 1. The Morgan fingerprint density at radius 3 is 1.41 bits per heavy atom. The Bertz CT molecular complexity index is 2830. The maximum absolute atomic E-state index is 14.7. The summed E-state index contributed by atoms with van der Waals surface area (Å²) in [4.78, 5) is 112. The van der Waals surface area contributed by atoms with E-state index >= 15 is 0 Å². The summed E-state index contributed by atoms with van der Waals surface area (Å²) < 4.78 is 104. The second kappa shape index (κ2) is 29.2. The predicted molar refractivity (Wildman–Crippen MR) is 318 cm³/mol. The number of benzene rings is 2. The summed E-state index contributed by atoms with van der Waals surface area (Å²) in [6.07, 6.45) is -4.77. The van der Waals surface area contributed by atoms with E-state index in [0.717, 1.165) is 56.4 Å². The van der Waals surface area contributed by atoms with Gasteiger partial charge in [0.15, 0.2) is 11.2 Å². The average molecular weight is 1260 g/mol. The molecule has 3 N–H and O–H groups in total. The molecule has 3 aliphatic heterocycles. The average Bonchev–Trinajstić information content (AvgIpc) is 0.777. The fraction of sp³-hybridized carbons (Fsp3) is 0.672. The van der Waals surface area contributed by atoms with Gasteiger partial charge in [-0.2, -0.15) is 26.3 Å². The number of alkyl carbamates (subject to hydrolysis) is 1. The number of carbonyl (C=O) groups is 8. The molecule has 1 saturated carbocycles. The third-order valence-electron chi connectivity index (χ3n) is 15.3.